The predicted molar refractivity (Wildman–Crippen MR) is 283 cm³/mol. The van der Waals surface area contributed by atoms with Gasteiger partial charge in [-0.15, -0.1) is 0 Å². The van der Waals surface area contributed by atoms with Crippen molar-refractivity contribution in [2.75, 3.05) is 26.4 Å². The summed E-state index contributed by atoms with van der Waals surface area (Å²) in [6.07, 6.45) is -3.06. The Hall–Kier alpha value is -4.90. The Morgan fingerprint density at radius 2 is 0.824 bits per heavy atom. The number of hydrogen-bond donors (Lipinski definition) is 4. The second-order valence-corrected chi connectivity index (χ2v) is 22.0. The van der Waals surface area contributed by atoms with Gasteiger partial charge in [-0.05, 0) is 124 Å². The Labute approximate surface area is 450 Å². The van der Waals surface area contributed by atoms with Gasteiger partial charge in [-0.25, -0.2) is 0 Å². The molecule has 10 rings (SSSR count). The lowest BCUT2D eigenvalue weighted by molar-refractivity contribution is -0.172. The Morgan fingerprint density at radius 3 is 1.11 bits per heavy atom. The van der Waals surface area contributed by atoms with Gasteiger partial charge in [0.15, 0.2) is 11.4 Å². The third kappa shape index (κ3) is 10.0. The van der Waals surface area contributed by atoms with Crippen molar-refractivity contribution in [1.82, 2.24) is 9.80 Å². The number of carbonyl (C=O) groups excluding carboxylic acids is 2. The molecule has 0 spiro atoms. The van der Waals surface area contributed by atoms with Gasteiger partial charge in [0.2, 0.25) is 0 Å². The van der Waals surface area contributed by atoms with Crippen LogP contribution in [0.3, 0.4) is 0 Å². The molecule has 2 saturated heterocycles. The molecule has 16 heteroatoms. The van der Waals surface area contributed by atoms with Crippen molar-refractivity contribution in [3.05, 3.63) is 209 Å². The van der Waals surface area contributed by atoms with E-state index in [4.69, 9.17) is 65.4 Å². The summed E-state index contributed by atoms with van der Waals surface area (Å²) in [6.45, 7) is 11.2. The number of nitrogens with zero attached hydrogens (tertiary/aromatic N) is 2. The van der Waals surface area contributed by atoms with Crippen molar-refractivity contribution in [3.8, 4) is 0 Å². The van der Waals surface area contributed by atoms with Crippen LogP contribution >= 0.6 is 46.4 Å². The van der Waals surface area contributed by atoms with Crippen molar-refractivity contribution in [2.45, 2.75) is 101 Å². The molecule has 6 aromatic carbocycles. The molecule has 8 atom stereocenters. The van der Waals surface area contributed by atoms with Crippen molar-refractivity contribution in [2.24, 2.45) is 0 Å². The minimum atomic E-state index is -1.40. The highest BCUT2D eigenvalue weighted by Gasteiger charge is 2.58. The van der Waals surface area contributed by atoms with Gasteiger partial charge in [0, 0.05) is 53.5 Å². The fourth-order valence-electron chi connectivity index (χ4n) is 10.3. The summed E-state index contributed by atoms with van der Waals surface area (Å²) in [5.74, 6) is -0.515. The van der Waals surface area contributed by atoms with Gasteiger partial charge < -0.3 is 39.4 Å². The highest BCUT2D eigenvalue weighted by atomic mass is 35.5. The summed E-state index contributed by atoms with van der Waals surface area (Å²) < 4.78 is 24.6. The van der Waals surface area contributed by atoms with E-state index in [1.165, 1.54) is 0 Å². The molecule has 2 fully saturated rings. The van der Waals surface area contributed by atoms with Crippen LogP contribution in [0, 0.1) is 0 Å². The molecule has 2 amide bonds. The Morgan fingerprint density at radius 1 is 0.514 bits per heavy atom. The molecule has 74 heavy (non-hydrogen) atoms. The molecule has 0 radical (unpaired) electrons. The molecule has 0 aromatic heterocycles. The highest BCUT2D eigenvalue weighted by Crippen LogP contribution is 2.53. The lowest BCUT2D eigenvalue weighted by Gasteiger charge is -2.44. The molecule has 4 heterocycles. The number of benzene rings is 6. The summed E-state index contributed by atoms with van der Waals surface area (Å²) in [4.78, 5) is 32.0. The van der Waals surface area contributed by atoms with Crippen LogP contribution in [-0.2, 0) is 41.6 Å². The zero-order chi connectivity index (χ0) is 53.1. The summed E-state index contributed by atoms with van der Waals surface area (Å²) >= 11 is 24.8. The molecular formula is C58H58Cl4N2O10. The second kappa shape index (κ2) is 20.9. The summed E-state index contributed by atoms with van der Waals surface area (Å²) in [7, 11) is 0. The fourth-order valence-corrected chi connectivity index (χ4v) is 10.8. The number of amides is 2. The molecule has 0 saturated carbocycles. The standard InChI is InChI=1S/2C29H29Cl2NO5/c2*1-17(18-4-9-21(30)10-5-18)32-27(34)23-14-20(28(2,3)35)8-13-24(23)29(32,19-6-11-22(31)12-7-19)37-26-16-36-15-25(26)33/h2*4-14,17,25-26,33,35H,15-16H2,1-3H3/t17-,25+,26?,29+;17-,25-,26+,29+/m00/s1. The molecule has 0 aliphatic carbocycles. The predicted octanol–water partition coefficient (Wildman–Crippen LogP) is 10.8. The van der Waals surface area contributed by atoms with Gasteiger partial charge >= 0.3 is 0 Å². The number of halogens is 4. The van der Waals surface area contributed by atoms with Crippen LogP contribution in [0.2, 0.25) is 20.1 Å². The van der Waals surface area contributed by atoms with Crippen LogP contribution in [0.15, 0.2) is 133 Å². The van der Waals surface area contributed by atoms with Crippen LogP contribution < -0.4 is 0 Å². The lowest BCUT2D eigenvalue weighted by Crippen LogP contribution is -2.51. The molecule has 12 nitrogen and oxygen atoms in total. The number of carbonyl (C=O) groups is 2. The fraction of sp³-hybridized carbons (Fsp3) is 0.345. The van der Waals surface area contributed by atoms with Crippen molar-refractivity contribution < 1.29 is 49.0 Å². The van der Waals surface area contributed by atoms with E-state index in [-0.39, 0.29) is 38.2 Å². The van der Waals surface area contributed by atoms with Crippen molar-refractivity contribution >= 4 is 58.2 Å². The maximum Gasteiger partial charge on any atom is 0.257 e. The van der Waals surface area contributed by atoms with E-state index >= 15 is 0 Å². The first-order valence-electron chi connectivity index (χ1n) is 24.4. The number of rotatable bonds is 12. The number of aliphatic hydroxyl groups is 4. The van der Waals surface area contributed by atoms with E-state index in [1.807, 2.05) is 74.5 Å². The van der Waals surface area contributed by atoms with Gasteiger partial charge in [0.1, 0.15) is 24.4 Å². The molecule has 1 unspecified atom stereocenters. The average molecular weight is 1080 g/mol. The normalized spacial score (nSPS) is 24.4. The highest BCUT2D eigenvalue weighted by molar-refractivity contribution is 6.31. The second-order valence-electron chi connectivity index (χ2n) is 20.3. The first kappa shape index (κ1) is 53.9. The Kier molecular flexibility index (Phi) is 15.2. The summed E-state index contributed by atoms with van der Waals surface area (Å²) in [5.41, 5.74) is 1.28. The van der Waals surface area contributed by atoms with Crippen LogP contribution in [0.1, 0.15) is 119 Å². The van der Waals surface area contributed by atoms with Gasteiger partial charge in [0.05, 0.1) is 49.7 Å². The maximum atomic E-state index is 14.3. The van der Waals surface area contributed by atoms with E-state index in [0.717, 1.165) is 11.1 Å². The maximum absolute atomic E-state index is 14.3. The van der Waals surface area contributed by atoms with E-state index < -0.39 is 59.2 Å². The topological polar surface area (TPSA) is 158 Å². The molecule has 4 aliphatic heterocycles. The zero-order valence-electron chi connectivity index (χ0n) is 41.6. The van der Waals surface area contributed by atoms with Crippen LogP contribution in [0.25, 0.3) is 0 Å². The van der Waals surface area contributed by atoms with Crippen molar-refractivity contribution in [3.63, 3.8) is 0 Å². The largest absolute Gasteiger partial charge is 0.388 e. The molecule has 6 aromatic rings. The molecule has 4 N–H and O–H groups in total. The van der Waals surface area contributed by atoms with Crippen LogP contribution in [0.4, 0.5) is 0 Å². The number of hydrogen-bond acceptors (Lipinski definition) is 10. The molecule has 0 bridgehead atoms. The van der Waals surface area contributed by atoms with Gasteiger partial charge in [-0.3, -0.25) is 19.4 Å². The first-order valence-corrected chi connectivity index (χ1v) is 25.9. The third-order valence-corrected chi connectivity index (χ3v) is 15.4. The van der Waals surface area contributed by atoms with Gasteiger partial charge in [-0.1, -0.05) is 119 Å². The monoisotopic (exact) mass is 1080 g/mol. The zero-order valence-corrected chi connectivity index (χ0v) is 44.7. The minimum absolute atomic E-state index is 0.145. The first-order chi connectivity index (χ1) is 35.0. The van der Waals surface area contributed by atoms with E-state index in [0.29, 0.717) is 64.6 Å². The van der Waals surface area contributed by atoms with Crippen LogP contribution in [-0.4, -0.2) is 92.9 Å². The summed E-state index contributed by atoms with van der Waals surface area (Å²) in [6, 6.07) is 38.8. The average Bonchev–Trinajstić information content (AvgIpc) is 4.10. The Balaban J connectivity index is 0.000000182. The number of aliphatic hydroxyl groups excluding tert-OH is 2. The summed E-state index contributed by atoms with van der Waals surface area (Å²) in [5, 5.41) is 45.0. The Bertz CT molecular complexity index is 2820. The minimum Gasteiger partial charge on any atom is -0.388 e. The number of ether oxygens (including phenoxy) is 4. The SMILES string of the molecule is C[C@@H](c1ccc(Cl)cc1)N1C(=O)c2cc(C(C)(C)O)ccc2[C@]1(OC1COC[C@H]1O)c1ccc(Cl)cc1.C[C@@H](c1ccc(Cl)cc1)N1C(=O)c2cc(C(C)(C)O)ccc2[C@]1(O[C@@H]1COC[C@@H]1O)c1ccc(Cl)cc1. The van der Waals surface area contributed by atoms with E-state index in [2.05, 4.69) is 0 Å². The van der Waals surface area contributed by atoms with Gasteiger partial charge in [0.25, 0.3) is 11.8 Å². The van der Waals surface area contributed by atoms with E-state index in [9.17, 15) is 30.0 Å². The lowest BCUT2D eigenvalue weighted by atomic mass is 9.88. The number of fused-ring (bicyclic) bond motifs is 2. The third-order valence-electron chi connectivity index (χ3n) is 14.4. The molecular weight excluding hydrogens is 1030 g/mol. The molecule has 388 valence electrons. The smallest absolute Gasteiger partial charge is 0.257 e. The van der Waals surface area contributed by atoms with E-state index in [1.54, 1.807) is 110 Å². The van der Waals surface area contributed by atoms with Crippen LogP contribution in [0.5, 0.6) is 0 Å². The quantitative estimate of drug-likeness (QED) is 0.0930. The van der Waals surface area contributed by atoms with Crippen molar-refractivity contribution in [1.29, 1.82) is 0 Å². The van der Waals surface area contributed by atoms with Gasteiger partial charge in [-0.2, -0.15) is 0 Å². The molecule has 4 aliphatic rings.